The number of nitrogens with one attached hydrogen (secondary N) is 1. The van der Waals surface area contributed by atoms with Gasteiger partial charge < -0.3 is 23.6 Å². The number of H-pyrrole nitrogens is 1. The van der Waals surface area contributed by atoms with Crippen LogP contribution < -0.4 is 11.2 Å². The van der Waals surface area contributed by atoms with E-state index >= 15 is 0 Å². The summed E-state index contributed by atoms with van der Waals surface area (Å²) in [4.78, 5) is 37.2. The molecule has 2 N–H and O–H groups in total. The highest BCUT2D eigenvalue weighted by molar-refractivity contribution is 8.13. The topological polar surface area (TPSA) is 146 Å². The Morgan fingerprint density at radius 3 is 2.81 bits per heavy atom. The Hall–Kier alpha value is -1.27. The Morgan fingerprint density at radius 2 is 2.13 bits per heavy atom. The van der Waals surface area contributed by atoms with E-state index in [0.717, 1.165) is 0 Å². The summed E-state index contributed by atoms with van der Waals surface area (Å²) in [6, 6.07) is 0. The quantitative estimate of drug-likeness (QED) is 0.326. The number of carbonyl (C=O) groups excluding carboxylic acids is 1. The molecule has 1 aliphatic rings. The monoisotopic (exact) mass is 480 g/mol. The normalized spacial score (nSPS) is 22.2. The molecule has 2 heterocycles. The minimum Gasteiger partial charge on any atom is -0.394 e. The third kappa shape index (κ3) is 7.98. The predicted molar refractivity (Wildman–Crippen MR) is 115 cm³/mol. The van der Waals surface area contributed by atoms with Crippen LogP contribution in [0.1, 0.15) is 32.1 Å². The van der Waals surface area contributed by atoms with Gasteiger partial charge in [0.25, 0.3) is 5.56 Å². The summed E-state index contributed by atoms with van der Waals surface area (Å²) in [5.41, 5.74) is -0.805. The van der Waals surface area contributed by atoms with Gasteiger partial charge in [0, 0.05) is 29.9 Å². The lowest BCUT2D eigenvalue weighted by molar-refractivity contribution is -0.113. The average molecular weight is 480 g/mol. The number of hydrogen-bond donors (Lipinski definition) is 2. The molecule has 13 heteroatoms. The number of aryl methyl sites for hydroxylation is 1. The molecule has 0 aliphatic carbocycles. The van der Waals surface area contributed by atoms with Crippen LogP contribution in [0.5, 0.6) is 0 Å². The van der Waals surface area contributed by atoms with E-state index in [0.29, 0.717) is 17.9 Å². The van der Waals surface area contributed by atoms with E-state index in [4.69, 9.17) is 18.5 Å². The first-order valence-electron chi connectivity index (χ1n) is 9.89. The molecular weight excluding hydrogens is 451 g/mol. The molecular formula is C18H29N2O9PS. The molecule has 0 bridgehead atoms. The maximum atomic E-state index is 12.1. The fourth-order valence-corrected chi connectivity index (χ4v) is 4.32. The number of rotatable bonds is 12. The zero-order valence-electron chi connectivity index (χ0n) is 17.7. The van der Waals surface area contributed by atoms with Gasteiger partial charge in [0.2, 0.25) is 0 Å². The van der Waals surface area contributed by atoms with Crippen LogP contribution in [0, 0.1) is 12.8 Å². The number of aliphatic hydroxyl groups excluding tert-OH is 1. The van der Waals surface area contributed by atoms with E-state index in [1.54, 1.807) is 6.92 Å². The Labute approximate surface area is 184 Å². The second-order valence-corrected chi connectivity index (χ2v) is 9.34. The van der Waals surface area contributed by atoms with Gasteiger partial charge in [-0.3, -0.25) is 23.7 Å². The van der Waals surface area contributed by atoms with Crippen molar-refractivity contribution >= 4 is 25.1 Å². The van der Waals surface area contributed by atoms with Crippen molar-refractivity contribution in [2.75, 3.05) is 32.2 Å². The standard InChI is InChI=1S/C18H29N2O9PS/c1-11(2)17(23)31-7-6-26-4-5-27-30(25)29-13-8-15(28-14(13)10-21)20-9-12(3)16(22)19-18(20)24/h9,11,13-15,21,30H,4-8,10H2,1-3H3,(H,19,22,24)/t13-,14?,15-/m1/s1. The van der Waals surface area contributed by atoms with E-state index in [9.17, 15) is 24.1 Å². The maximum absolute atomic E-state index is 12.1. The highest BCUT2D eigenvalue weighted by Crippen LogP contribution is 2.36. The minimum absolute atomic E-state index is 0.0233. The van der Waals surface area contributed by atoms with E-state index in [2.05, 4.69) is 4.98 Å². The molecule has 0 radical (unpaired) electrons. The number of ether oxygens (including phenoxy) is 2. The van der Waals surface area contributed by atoms with Crippen LogP contribution in [0.25, 0.3) is 0 Å². The van der Waals surface area contributed by atoms with Gasteiger partial charge in [0.15, 0.2) is 5.12 Å². The molecule has 1 aromatic rings. The molecule has 4 atom stereocenters. The summed E-state index contributed by atoms with van der Waals surface area (Å²) in [6.07, 6.45) is -0.816. The molecule has 0 spiro atoms. The summed E-state index contributed by atoms with van der Waals surface area (Å²) in [5, 5.41) is 9.63. The number of hydrogen-bond acceptors (Lipinski definition) is 10. The van der Waals surface area contributed by atoms with Crippen molar-refractivity contribution in [1.82, 2.24) is 9.55 Å². The van der Waals surface area contributed by atoms with Crippen molar-refractivity contribution in [2.45, 2.75) is 45.6 Å². The zero-order valence-corrected chi connectivity index (χ0v) is 19.5. The largest absolute Gasteiger partial charge is 0.394 e. The van der Waals surface area contributed by atoms with Crippen molar-refractivity contribution in [3.63, 3.8) is 0 Å². The lowest BCUT2D eigenvalue weighted by atomic mass is 10.2. The van der Waals surface area contributed by atoms with Crippen molar-refractivity contribution in [3.05, 3.63) is 32.6 Å². The predicted octanol–water partition coefficient (Wildman–Crippen LogP) is 0.849. The fraction of sp³-hybridized carbons (Fsp3) is 0.722. The second kappa shape index (κ2) is 12.7. The van der Waals surface area contributed by atoms with E-state index in [1.807, 2.05) is 13.8 Å². The third-order valence-corrected chi connectivity index (χ3v) is 6.52. The minimum atomic E-state index is -2.89. The van der Waals surface area contributed by atoms with Gasteiger partial charge in [0.05, 0.1) is 32.5 Å². The van der Waals surface area contributed by atoms with Gasteiger partial charge in [-0.05, 0) is 6.92 Å². The van der Waals surface area contributed by atoms with Crippen LogP contribution in [0.15, 0.2) is 15.8 Å². The first kappa shape index (κ1) is 26.0. The summed E-state index contributed by atoms with van der Waals surface area (Å²) < 4.78 is 34.8. The summed E-state index contributed by atoms with van der Waals surface area (Å²) in [5.74, 6) is 0.510. The SMILES string of the molecule is Cc1cn([C@H]2C[C@@H](O[PH](=O)OCCOCCSC(=O)C(C)C)C(CO)O2)c(=O)[nH]c1=O. The smallest absolute Gasteiger partial charge is 0.330 e. The average Bonchev–Trinajstić information content (AvgIpc) is 3.12. The first-order valence-corrected chi connectivity index (χ1v) is 12.1. The highest BCUT2D eigenvalue weighted by Gasteiger charge is 2.38. The van der Waals surface area contributed by atoms with Gasteiger partial charge in [-0.1, -0.05) is 25.6 Å². The van der Waals surface area contributed by atoms with Crippen molar-refractivity contribution < 1.29 is 33.0 Å². The number of thioether (sulfide) groups is 1. The van der Waals surface area contributed by atoms with E-state index in [1.165, 1.54) is 22.5 Å². The summed E-state index contributed by atoms with van der Waals surface area (Å²) in [7, 11) is -2.89. The number of carbonyl (C=O) groups is 1. The molecule has 1 saturated heterocycles. The van der Waals surface area contributed by atoms with Crippen molar-refractivity contribution in [1.29, 1.82) is 0 Å². The molecule has 1 aliphatic heterocycles. The maximum Gasteiger partial charge on any atom is 0.330 e. The Kier molecular flexibility index (Phi) is 10.6. The van der Waals surface area contributed by atoms with E-state index < -0.39 is 44.5 Å². The van der Waals surface area contributed by atoms with Gasteiger partial charge >= 0.3 is 13.9 Å². The lowest BCUT2D eigenvalue weighted by Gasteiger charge is -2.16. The Morgan fingerprint density at radius 1 is 1.39 bits per heavy atom. The van der Waals surface area contributed by atoms with Crippen LogP contribution >= 0.6 is 20.0 Å². The van der Waals surface area contributed by atoms with Crippen LogP contribution in [-0.4, -0.2) is 64.2 Å². The van der Waals surface area contributed by atoms with Crippen LogP contribution in [-0.2, 0) is 27.9 Å². The first-order chi connectivity index (χ1) is 14.7. The molecule has 0 amide bonds. The van der Waals surface area contributed by atoms with Crippen LogP contribution in [0.2, 0.25) is 0 Å². The molecule has 2 rings (SSSR count). The Balaban J connectivity index is 1.75. The molecule has 2 unspecified atom stereocenters. The van der Waals surface area contributed by atoms with Crippen molar-refractivity contribution in [3.8, 4) is 0 Å². The molecule has 176 valence electrons. The fourth-order valence-electron chi connectivity index (χ4n) is 2.77. The molecule has 11 nitrogen and oxygen atoms in total. The molecule has 0 saturated carbocycles. The van der Waals surface area contributed by atoms with Crippen LogP contribution in [0.3, 0.4) is 0 Å². The van der Waals surface area contributed by atoms with Gasteiger partial charge in [-0.2, -0.15) is 0 Å². The number of aromatic amines is 1. The van der Waals surface area contributed by atoms with Crippen molar-refractivity contribution in [2.24, 2.45) is 5.92 Å². The van der Waals surface area contributed by atoms with Gasteiger partial charge in [-0.25, -0.2) is 4.79 Å². The summed E-state index contributed by atoms with van der Waals surface area (Å²) in [6.45, 7) is 5.42. The van der Waals surface area contributed by atoms with Gasteiger partial charge in [-0.15, -0.1) is 0 Å². The number of aromatic nitrogens is 2. The second-order valence-electron chi connectivity index (χ2n) is 7.22. The third-order valence-electron chi connectivity index (χ3n) is 4.46. The Bertz CT molecular complexity index is 872. The molecule has 1 aromatic heterocycles. The lowest BCUT2D eigenvalue weighted by Crippen LogP contribution is -2.33. The molecule has 1 fully saturated rings. The number of nitrogens with zero attached hydrogens (tertiary/aromatic N) is 1. The van der Waals surface area contributed by atoms with Gasteiger partial charge in [0.1, 0.15) is 12.3 Å². The zero-order chi connectivity index (χ0) is 23.0. The molecule has 31 heavy (non-hydrogen) atoms. The number of aliphatic hydroxyl groups is 1. The van der Waals surface area contributed by atoms with Crippen LogP contribution in [0.4, 0.5) is 0 Å². The molecule has 0 aromatic carbocycles. The highest BCUT2D eigenvalue weighted by atomic mass is 32.2. The summed E-state index contributed by atoms with van der Waals surface area (Å²) >= 11 is 1.21. The van der Waals surface area contributed by atoms with E-state index in [-0.39, 0.29) is 30.7 Å².